The molecule has 8 nitrogen and oxygen atoms in total. The first-order valence-electron chi connectivity index (χ1n) is 8.61. The van der Waals surface area contributed by atoms with Crippen molar-refractivity contribution in [2.45, 2.75) is 39.7 Å². The van der Waals surface area contributed by atoms with Gasteiger partial charge in [-0.25, -0.2) is 0 Å². The summed E-state index contributed by atoms with van der Waals surface area (Å²) in [7, 11) is 1.88. The van der Waals surface area contributed by atoms with E-state index in [2.05, 4.69) is 15.7 Å². The molecular weight excluding hydrogens is 348 g/mol. The minimum atomic E-state index is -1.11. The molecule has 1 aromatic heterocycles. The van der Waals surface area contributed by atoms with Crippen LogP contribution in [0, 0.1) is 13.8 Å². The number of hydrogen-bond acceptors (Lipinski definition) is 4. The van der Waals surface area contributed by atoms with Crippen LogP contribution in [0.25, 0.3) is 0 Å². The van der Waals surface area contributed by atoms with Gasteiger partial charge in [0.1, 0.15) is 6.04 Å². The van der Waals surface area contributed by atoms with Crippen molar-refractivity contribution in [3.05, 3.63) is 46.8 Å². The van der Waals surface area contributed by atoms with Gasteiger partial charge in [-0.15, -0.1) is 0 Å². The van der Waals surface area contributed by atoms with E-state index in [0.717, 1.165) is 17.0 Å². The topological polar surface area (TPSA) is 113 Å². The van der Waals surface area contributed by atoms with Crippen molar-refractivity contribution in [1.82, 2.24) is 15.1 Å². The van der Waals surface area contributed by atoms with E-state index in [4.69, 9.17) is 5.11 Å². The van der Waals surface area contributed by atoms with Crippen molar-refractivity contribution in [2.24, 2.45) is 7.05 Å². The number of carboxylic acid groups (broad SMARTS) is 1. The fraction of sp³-hybridized carbons (Fsp3) is 0.368. The van der Waals surface area contributed by atoms with Gasteiger partial charge < -0.3 is 15.7 Å². The second-order valence-corrected chi connectivity index (χ2v) is 6.43. The zero-order valence-electron chi connectivity index (χ0n) is 15.9. The SMILES string of the molecule is Cc1nn(C)c(C)c1CCC(=O)Nc1ccc(C(=O)NC(C)C(=O)O)cc1. The van der Waals surface area contributed by atoms with E-state index in [0.29, 0.717) is 24.1 Å². The third-order valence-electron chi connectivity index (χ3n) is 4.41. The Morgan fingerprint density at radius 2 is 1.81 bits per heavy atom. The number of nitrogens with zero attached hydrogens (tertiary/aromatic N) is 2. The highest BCUT2D eigenvalue weighted by atomic mass is 16.4. The number of aryl methyl sites for hydroxylation is 2. The quantitative estimate of drug-likeness (QED) is 0.686. The molecule has 8 heteroatoms. The summed E-state index contributed by atoms with van der Waals surface area (Å²) in [5, 5.41) is 18.3. The lowest BCUT2D eigenvalue weighted by Crippen LogP contribution is -2.38. The van der Waals surface area contributed by atoms with Crippen molar-refractivity contribution in [3.63, 3.8) is 0 Å². The molecule has 0 saturated heterocycles. The number of nitrogens with one attached hydrogen (secondary N) is 2. The Balaban J connectivity index is 1.91. The van der Waals surface area contributed by atoms with Crippen molar-refractivity contribution >= 4 is 23.5 Å². The zero-order valence-corrected chi connectivity index (χ0v) is 15.9. The summed E-state index contributed by atoms with van der Waals surface area (Å²) in [6, 6.07) is 5.32. The van der Waals surface area contributed by atoms with Gasteiger partial charge in [0.25, 0.3) is 5.91 Å². The summed E-state index contributed by atoms with van der Waals surface area (Å²) in [6.07, 6.45) is 0.927. The van der Waals surface area contributed by atoms with Gasteiger partial charge >= 0.3 is 5.97 Å². The maximum Gasteiger partial charge on any atom is 0.325 e. The van der Waals surface area contributed by atoms with Gasteiger partial charge in [-0.1, -0.05) is 0 Å². The van der Waals surface area contributed by atoms with Crippen molar-refractivity contribution in [3.8, 4) is 0 Å². The van der Waals surface area contributed by atoms with Crippen molar-refractivity contribution in [2.75, 3.05) is 5.32 Å². The fourth-order valence-electron chi connectivity index (χ4n) is 2.69. The highest BCUT2D eigenvalue weighted by Crippen LogP contribution is 2.15. The molecule has 0 bridgehead atoms. The summed E-state index contributed by atoms with van der Waals surface area (Å²) in [5.41, 5.74) is 3.94. The van der Waals surface area contributed by atoms with Crippen molar-refractivity contribution < 1.29 is 19.5 Å². The molecule has 3 N–H and O–H groups in total. The number of hydrogen-bond donors (Lipinski definition) is 3. The van der Waals surface area contributed by atoms with E-state index >= 15 is 0 Å². The fourth-order valence-corrected chi connectivity index (χ4v) is 2.69. The molecule has 2 aromatic rings. The molecule has 0 fully saturated rings. The van der Waals surface area contributed by atoms with Gasteiger partial charge in [0.05, 0.1) is 5.69 Å². The minimum Gasteiger partial charge on any atom is -0.480 e. The normalized spacial score (nSPS) is 11.7. The highest BCUT2D eigenvalue weighted by molar-refractivity contribution is 5.97. The second kappa shape index (κ2) is 8.48. The first kappa shape index (κ1) is 20.2. The van der Waals surface area contributed by atoms with E-state index in [9.17, 15) is 14.4 Å². The minimum absolute atomic E-state index is 0.130. The lowest BCUT2D eigenvalue weighted by atomic mass is 10.1. The average Bonchev–Trinajstić information content (AvgIpc) is 2.85. The first-order chi connectivity index (χ1) is 12.7. The van der Waals surface area contributed by atoms with Crippen LogP contribution in [0.3, 0.4) is 0 Å². The summed E-state index contributed by atoms with van der Waals surface area (Å²) in [6.45, 7) is 5.29. The highest BCUT2D eigenvalue weighted by Gasteiger charge is 2.15. The van der Waals surface area contributed by atoms with Crippen LogP contribution >= 0.6 is 0 Å². The third kappa shape index (κ3) is 5.16. The Labute approximate surface area is 157 Å². The smallest absolute Gasteiger partial charge is 0.325 e. The van der Waals surface area contributed by atoms with Crippen LogP contribution in [-0.2, 0) is 23.1 Å². The van der Waals surface area contributed by atoms with Crippen LogP contribution in [0.2, 0.25) is 0 Å². The molecule has 2 amide bonds. The number of carboxylic acids is 1. The Morgan fingerprint density at radius 3 is 2.33 bits per heavy atom. The average molecular weight is 372 g/mol. The molecule has 2 rings (SSSR count). The number of aromatic nitrogens is 2. The Hall–Kier alpha value is -3.16. The van der Waals surface area contributed by atoms with Gasteiger partial charge in [0, 0.05) is 30.4 Å². The Morgan fingerprint density at radius 1 is 1.19 bits per heavy atom. The zero-order chi connectivity index (χ0) is 20.1. The van der Waals surface area contributed by atoms with Gasteiger partial charge in [0.15, 0.2) is 0 Å². The molecule has 0 aliphatic heterocycles. The van der Waals surface area contributed by atoms with Crippen LogP contribution in [0.1, 0.15) is 40.7 Å². The third-order valence-corrected chi connectivity index (χ3v) is 4.41. The van der Waals surface area contributed by atoms with Crippen LogP contribution in [0.15, 0.2) is 24.3 Å². The van der Waals surface area contributed by atoms with E-state index in [1.54, 1.807) is 16.8 Å². The molecule has 144 valence electrons. The molecule has 1 heterocycles. The molecule has 0 aliphatic carbocycles. The van der Waals surface area contributed by atoms with Crippen molar-refractivity contribution in [1.29, 1.82) is 0 Å². The standard InChI is InChI=1S/C19H24N4O4/c1-11-16(13(3)23(4)22-11)9-10-17(24)21-15-7-5-14(6-8-15)18(25)20-12(2)19(26)27/h5-8,12H,9-10H2,1-4H3,(H,20,25)(H,21,24)(H,26,27). The molecule has 0 radical (unpaired) electrons. The lowest BCUT2D eigenvalue weighted by Gasteiger charge is -2.10. The maximum atomic E-state index is 12.2. The van der Waals surface area contributed by atoms with Gasteiger partial charge in [-0.2, -0.15) is 5.10 Å². The number of amides is 2. The van der Waals surface area contributed by atoms with Gasteiger partial charge in [-0.3, -0.25) is 19.1 Å². The number of rotatable bonds is 7. The number of carbonyl (C=O) groups is 3. The van der Waals surface area contributed by atoms with Gasteiger partial charge in [-0.05, 0) is 57.0 Å². The van der Waals surface area contributed by atoms with Crippen LogP contribution < -0.4 is 10.6 Å². The number of anilines is 1. The maximum absolute atomic E-state index is 12.2. The number of carbonyl (C=O) groups excluding carboxylic acids is 2. The van der Waals surface area contributed by atoms with Crippen LogP contribution in [0.4, 0.5) is 5.69 Å². The van der Waals surface area contributed by atoms with E-state index < -0.39 is 17.9 Å². The van der Waals surface area contributed by atoms with Gasteiger partial charge in [0.2, 0.25) is 5.91 Å². The predicted molar refractivity (Wildman–Crippen MR) is 101 cm³/mol. The molecule has 0 aliphatic rings. The molecular formula is C19H24N4O4. The largest absolute Gasteiger partial charge is 0.480 e. The monoisotopic (exact) mass is 372 g/mol. The van der Waals surface area contributed by atoms with E-state index in [-0.39, 0.29) is 5.91 Å². The first-order valence-corrected chi connectivity index (χ1v) is 8.61. The summed E-state index contributed by atoms with van der Waals surface area (Å²) in [4.78, 5) is 34.9. The molecule has 0 saturated carbocycles. The number of benzene rings is 1. The molecule has 1 aromatic carbocycles. The predicted octanol–water partition coefficient (Wildman–Crippen LogP) is 1.81. The summed E-state index contributed by atoms with van der Waals surface area (Å²) < 4.78 is 1.80. The second-order valence-electron chi connectivity index (χ2n) is 6.43. The van der Waals surface area contributed by atoms with E-state index in [1.807, 2.05) is 20.9 Å². The molecule has 1 unspecified atom stereocenters. The summed E-state index contributed by atoms with van der Waals surface area (Å²) in [5.74, 6) is -1.72. The molecule has 27 heavy (non-hydrogen) atoms. The lowest BCUT2D eigenvalue weighted by molar-refractivity contribution is -0.138. The Kier molecular flexibility index (Phi) is 6.33. The number of aliphatic carboxylic acids is 1. The molecule has 0 spiro atoms. The van der Waals surface area contributed by atoms with Crippen LogP contribution in [0.5, 0.6) is 0 Å². The Bertz CT molecular complexity index is 855. The molecule has 1 atom stereocenters. The summed E-state index contributed by atoms with van der Waals surface area (Å²) >= 11 is 0. The van der Waals surface area contributed by atoms with E-state index in [1.165, 1.54) is 19.1 Å². The van der Waals surface area contributed by atoms with Crippen LogP contribution in [-0.4, -0.2) is 38.7 Å².